The van der Waals surface area contributed by atoms with Gasteiger partial charge in [-0.3, -0.25) is 4.79 Å². The van der Waals surface area contributed by atoms with Crippen LogP contribution in [0.3, 0.4) is 0 Å². The smallest absolute Gasteiger partial charge is 0.256 e. The Morgan fingerprint density at radius 2 is 1.96 bits per heavy atom. The van der Waals surface area contributed by atoms with Gasteiger partial charge in [-0.2, -0.15) is 0 Å². The van der Waals surface area contributed by atoms with Crippen molar-refractivity contribution in [2.45, 2.75) is 32.4 Å². The Morgan fingerprint density at radius 1 is 1.15 bits per heavy atom. The average Bonchev–Trinajstić information content (AvgIpc) is 3.26. The van der Waals surface area contributed by atoms with Crippen molar-refractivity contribution < 1.29 is 9.21 Å². The third-order valence-corrected chi connectivity index (χ3v) is 7.04. The molecule has 0 radical (unpaired) electrons. The van der Waals surface area contributed by atoms with Gasteiger partial charge in [-0.05, 0) is 55.0 Å². The maximum atomic E-state index is 12.8. The van der Waals surface area contributed by atoms with Gasteiger partial charge in [0.25, 0.3) is 5.91 Å². The summed E-state index contributed by atoms with van der Waals surface area (Å²) in [4.78, 5) is 14.2. The van der Waals surface area contributed by atoms with Crippen molar-refractivity contribution in [1.29, 1.82) is 0 Å². The summed E-state index contributed by atoms with van der Waals surface area (Å²) in [6.07, 6.45) is 2.88. The van der Waals surface area contributed by atoms with Gasteiger partial charge in [0.1, 0.15) is 16.5 Å². The molecule has 27 heavy (non-hydrogen) atoms. The molecule has 0 saturated heterocycles. The predicted molar refractivity (Wildman–Crippen MR) is 111 cm³/mol. The third kappa shape index (κ3) is 3.01. The fourth-order valence-corrected chi connectivity index (χ4v) is 5.58. The zero-order valence-corrected chi connectivity index (χ0v) is 17.2. The van der Waals surface area contributed by atoms with Crippen molar-refractivity contribution in [2.75, 3.05) is 5.32 Å². The van der Waals surface area contributed by atoms with Crippen LogP contribution in [0.1, 0.15) is 46.1 Å². The van der Waals surface area contributed by atoms with E-state index >= 15 is 0 Å². The second-order valence-electron chi connectivity index (χ2n) is 7.32. The molecule has 2 atom stereocenters. The van der Waals surface area contributed by atoms with Crippen molar-refractivity contribution in [1.82, 2.24) is 5.32 Å². The number of carbonyl (C=O) groups excluding carboxylic acids is 1. The summed E-state index contributed by atoms with van der Waals surface area (Å²) < 4.78 is 7.07. The quantitative estimate of drug-likeness (QED) is 0.530. The molecule has 1 aromatic carbocycles. The first kappa shape index (κ1) is 17.1. The number of fused-ring (bicyclic) bond motifs is 3. The molecule has 2 unspecified atom stereocenters. The Labute approximate surface area is 170 Å². The largest absolute Gasteiger partial charge is 0.457 e. The van der Waals surface area contributed by atoms with Gasteiger partial charge < -0.3 is 15.1 Å². The number of thiophene rings is 1. The molecule has 4 nitrogen and oxygen atoms in total. The predicted octanol–water partition coefficient (Wildman–Crippen LogP) is 5.75. The van der Waals surface area contributed by atoms with Gasteiger partial charge >= 0.3 is 0 Å². The molecule has 6 heteroatoms. The van der Waals surface area contributed by atoms with E-state index in [0.29, 0.717) is 11.7 Å². The van der Waals surface area contributed by atoms with Crippen LogP contribution in [0.15, 0.2) is 45.3 Å². The van der Waals surface area contributed by atoms with E-state index in [0.717, 1.165) is 45.6 Å². The minimum Gasteiger partial charge on any atom is -0.457 e. The SMILES string of the molecule is CC1CCc2c(sc3c2C(=O)NC(c2ccc(-c4ccc(Br)cc4)o2)N3)C1. The van der Waals surface area contributed by atoms with Gasteiger partial charge in [0, 0.05) is 14.9 Å². The van der Waals surface area contributed by atoms with E-state index in [-0.39, 0.29) is 12.1 Å². The molecule has 0 fully saturated rings. The second-order valence-corrected chi connectivity index (χ2v) is 9.34. The summed E-state index contributed by atoms with van der Waals surface area (Å²) in [5.41, 5.74) is 3.09. The highest BCUT2D eigenvalue weighted by Gasteiger charge is 2.34. The van der Waals surface area contributed by atoms with Crippen LogP contribution in [-0.2, 0) is 12.8 Å². The molecule has 3 heterocycles. The van der Waals surface area contributed by atoms with Crippen LogP contribution >= 0.6 is 27.3 Å². The molecule has 138 valence electrons. The molecule has 0 saturated carbocycles. The van der Waals surface area contributed by atoms with E-state index in [4.69, 9.17) is 4.42 Å². The van der Waals surface area contributed by atoms with Crippen molar-refractivity contribution in [3.8, 4) is 11.3 Å². The number of anilines is 1. The van der Waals surface area contributed by atoms with Crippen molar-refractivity contribution >= 4 is 38.2 Å². The normalized spacial score (nSPS) is 21.2. The van der Waals surface area contributed by atoms with Crippen LogP contribution in [0, 0.1) is 5.92 Å². The first-order chi connectivity index (χ1) is 13.1. The van der Waals surface area contributed by atoms with Crippen molar-refractivity contribution in [2.24, 2.45) is 5.92 Å². The number of furan rings is 1. The number of benzene rings is 1. The van der Waals surface area contributed by atoms with Crippen LogP contribution in [0.25, 0.3) is 11.3 Å². The Balaban J connectivity index is 1.44. The van der Waals surface area contributed by atoms with E-state index in [1.807, 2.05) is 36.4 Å². The Kier molecular flexibility index (Phi) is 4.13. The van der Waals surface area contributed by atoms with E-state index in [1.54, 1.807) is 11.3 Å². The van der Waals surface area contributed by atoms with Crippen molar-refractivity contribution in [3.63, 3.8) is 0 Å². The standard InChI is InChI=1S/C21H19BrN2O2S/c1-11-2-7-14-17(10-11)27-21-18(14)20(25)23-19(24-21)16-9-8-15(26-16)12-3-5-13(22)6-4-12/h3-6,8-9,11,19,24H,2,7,10H2,1H3,(H,23,25). The summed E-state index contributed by atoms with van der Waals surface area (Å²) in [6.45, 7) is 2.28. The van der Waals surface area contributed by atoms with Crippen LogP contribution in [0.2, 0.25) is 0 Å². The van der Waals surface area contributed by atoms with E-state index in [9.17, 15) is 4.79 Å². The first-order valence-corrected chi connectivity index (χ1v) is 10.8. The Hall–Kier alpha value is -2.05. The van der Waals surface area contributed by atoms with Crippen LogP contribution in [0.4, 0.5) is 5.00 Å². The second kappa shape index (κ2) is 6.53. The minimum absolute atomic E-state index is 0.00222. The fourth-order valence-electron chi connectivity index (χ4n) is 3.88. The summed E-state index contributed by atoms with van der Waals surface area (Å²) in [5, 5.41) is 7.52. The highest BCUT2D eigenvalue weighted by atomic mass is 79.9. The lowest BCUT2D eigenvalue weighted by atomic mass is 9.88. The fraction of sp³-hybridized carbons (Fsp3) is 0.286. The number of halogens is 1. The zero-order valence-electron chi connectivity index (χ0n) is 14.8. The number of nitrogens with one attached hydrogen (secondary N) is 2. The number of carbonyl (C=O) groups is 1. The molecule has 2 aromatic heterocycles. The van der Waals surface area contributed by atoms with E-state index in [1.165, 1.54) is 10.4 Å². The van der Waals surface area contributed by atoms with Gasteiger partial charge in [-0.1, -0.05) is 35.0 Å². The third-order valence-electron chi connectivity index (χ3n) is 5.33. The number of hydrogen-bond donors (Lipinski definition) is 2. The molecular weight excluding hydrogens is 424 g/mol. The van der Waals surface area contributed by atoms with E-state index < -0.39 is 0 Å². The molecule has 2 aliphatic rings. The Morgan fingerprint density at radius 3 is 2.78 bits per heavy atom. The van der Waals surface area contributed by atoms with Gasteiger partial charge in [-0.15, -0.1) is 11.3 Å². The number of rotatable bonds is 2. The summed E-state index contributed by atoms with van der Waals surface area (Å²) >= 11 is 5.18. The highest BCUT2D eigenvalue weighted by Crippen LogP contribution is 2.42. The lowest BCUT2D eigenvalue weighted by Gasteiger charge is -2.25. The molecule has 5 rings (SSSR count). The van der Waals surface area contributed by atoms with Crippen LogP contribution < -0.4 is 10.6 Å². The maximum absolute atomic E-state index is 12.8. The maximum Gasteiger partial charge on any atom is 0.256 e. The van der Waals surface area contributed by atoms with E-state index in [2.05, 4.69) is 33.5 Å². The summed E-state index contributed by atoms with van der Waals surface area (Å²) in [7, 11) is 0. The van der Waals surface area contributed by atoms with Gasteiger partial charge in [0.15, 0.2) is 6.17 Å². The molecule has 1 amide bonds. The summed E-state index contributed by atoms with van der Waals surface area (Å²) in [5.74, 6) is 2.20. The molecule has 1 aliphatic heterocycles. The molecule has 3 aromatic rings. The van der Waals surface area contributed by atoms with Gasteiger partial charge in [0.2, 0.25) is 0 Å². The number of hydrogen-bond acceptors (Lipinski definition) is 4. The molecule has 2 N–H and O–H groups in total. The average molecular weight is 443 g/mol. The molecule has 1 aliphatic carbocycles. The van der Waals surface area contributed by atoms with Crippen LogP contribution in [-0.4, -0.2) is 5.91 Å². The molecular formula is C21H19BrN2O2S. The van der Waals surface area contributed by atoms with Crippen molar-refractivity contribution in [3.05, 3.63) is 62.6 Å². The molecule has 0 bridgehead atoms. The lowest BCUT2D eigenvalue weighted by molar-refractivity contribution is 0.0930. The lowest BCUT2D eigenvalue weighted by Crippen LogP contribution is -2.38. The Bertz CT molecular complexity index is 1020. The minimum atomic E-state index is -0.341. The topological polar surface area (TPSA) is 54.3 Å². The molecule has 0 spiro atoms. The summed E-state index contributed by atoms with van der Waals surface area (Å²) in [6, 6.07) is 11.9. The monoisotopic (exact) mass is 442 g/mol. The van der Waals surface area contributed by atoms with Crippen LogP contribution in [0.5, 0.6) is 0 Å². The van der Waals surface area contributed by atoms with Gasteiger partial charge in [0.05, 0.1) is 5.56 Å². The highest BCUT2D eigenvalue weighted by molar-refractivity contribution is 9.10. The first-order valence-electron chi connectivity index (χ1n) is 9.16. The number of amides is 1. The van der Waals surface area contributed by atoms with Gasteiger partial charge in [-0.25, -0.2) is 0 Å². The zero-order chi connectivity index (χ0) is 18.5.